The van der Waals surface area contributed by atoms with Crippen LogP contribution in [0.3, 0.4) is 0 Å². The molecular formula is C9H18S. The molecule has 0 heterocycles. The molecule has 0 aromatic rings. The van der Waals surface area contributed by atoms with Crippen molar-refractivity contribution in [3.63, 3.8) is 0 Å². The summed E-state index contributed by atoms with van der Waals surface area (Å²) in [7, 11) is 0. The third kappa shape index (κ3) is 2.53. The van der Waals surface area contributed by atoms with Crippen LogP contribution in [-0.2, 0) is 0 Å². The Morgan fingerprint density at radius 2 is 1.90 bits per heavy atom. The highest BCUT2D eigenvalue weighted by Crippen LogP contribution is 2.28. The summed E-state index contributed by atoms with van der Waals surface area (Å²) in [5, 5.41) is 0.977. The Balaban J connectivity index is 2.26. The van der Waals surface area contributed by atoms with E-state index in [-0.39, 0.29) is 0 Å². The van der Waals surface area contributed by atoms with Crippen molar-refractivity contribution in [3.8, 4) is 0 Å². The maximum absolute atomic E-state index is 2.39. The summed E-state index contributed by atoms with van der Waals surface area (Å²) in [5.74, 6) is 0.997. The average molecular weight is 158 g/mol. The van der Waals surface area contributed by atoms with Gasteiger partial charge in [0.25, 0.3) is 0 Å². The Morgan fingerprint density at radius 3 is 2.60 bits per heavy atom. The lowest BCUT2D eigenvalue weighted by atomic mass is 10.0. The van der Waals surface area contributed by atoms with Crippen molar-refractivity contribution in [3.05, 3.63) is 0 Å². The summed E-state index contributed by atoms with van der Waals surface area (Å²) in [6.45, 7) is 2.39. The minimum absolute atomic E-state index is 0.977. The van der Waals surface area contributed by atoms with Crippen LogP contribution >= 0.6 is 11.8 Å². The van der Waals surface area contributed by atoms with Gasteiger partial charge in [-0.3, -0.25) is 0 Å². The predicted molar refractivity (Wildman–Crippen MR) is 49.6 cm³/mol. The first-order chi connectivity index (χ1) is 4.83. The summed E-state index contributed by atoms with van der Waals surface area (Å²) in [6.07, 6.45) is 9.57. The van der Waals surface area contributed by atoms with Gasteiger partial charge in [-0.15, -0.1) is 0 Å². The standard InChI is InChI=1S/C9H18S/c1-8-4-3-5-9(10-2)7-6-8/h8-9H,3-7H2,1-2H3. The first kappa shape index (κ1) is 8.45. The van der Waals surface area contributed by atoms with Crippen LogP contribution in [0.2, 0.25) is 0 Å². The van der Waals surface area contributed by atoms with Crippen molar-refractivity contribution in [1.82, 2.24) is 0 Å². The topological polar surface area (TPSA) is 0 Å². The third-order valence-electron chi connectivity index (χ3n) is 2.54. The molecule has 0 radical (unpaired) electrons. The van der Waals surface area contributed by atoms with Gasteiger partial charge in [0.05, 0.1) is 0 Å². The molecule has 0 aromatic heterocycles. The second-order valence-corrected chi connectivity index (χ2v) is 4.61. The molecule has 1 aliphatic carbocycles. The van der Waals surface area contributed by atoms with Crippen LogP contribution < -0.4 is 0 Å². The largest absolute Gasteiger partial charge is 0.162 e. The SMILES string of the molecule is CSC1CCCC(C)CC1. The Kier molecular flexibility index (Phi) is 3.61. The molecule has 0 aromatic carbocycles. The highest BCUT2D eigenvalue weighted by Gasteiger charge is 2.14. The Hall–Kier alpha value is 0.350. The van der Waals surface area contributed by atoms with Gasteiger partial charge in [0, 0.05) is 5.25 Å². The zero-order valence-corrected chi connectivity index (χ0v) is 7.91. The van der Waals surface area contributed by atoms with Crippen LogP contribution in [0.1, 0.15) is 39.0 Å². The Morgan fingerprint density at radius 1 is 1.10 bits per heavy atom. The van der Waals surface area contributed by atoms with E-state index in [1.54, 1.807) is 0 Å². The normalized spacial score (nSPS) is 35.4. The molecule has 0 nitrogen and oxygen atoms in total. The van der Waals surface area contributed by atoms with Gasteiger partial charge in [-0.1, -0.05) is 19.8 Å². The zero-order valence-electron chi connectivity index (χ0n) is 7.10. The van der Waals surface area contributed by atoms with Crippen LogP contribution in [0.25, 0.3) is 0 Å². The third-order valence-corrected chi connectivity index (χ3v) is 3.68. The molecule has 1 saturated carbocycles. The quantitative estimate of drug-likeness (QED) is 0.528. The first-order valence-corrected chi connectivity index (χ1v) is 5.64. The van der Waals surface area contributed by atoms with Crippen molar-refractivity contribution in [2.24, 2.45) is 5.92 Å². The molecule has 2 unspecified atom stereocenters. The minimum Gasteiger partial charge on any atom is -0.162 e. The van der Waals surface area contributed by atoms with Crippen LogP contribution in [0.15, 0.2) is 0 Å². The van der Waals surface area contributed by atoms with Crippen molar-refractivity contribution in [1.29, 1.82) is 0 Å². The molecule has 0 N–H and O–H groups in total. The molecular weight excluding hydrogens is 140 g/mol. The van der Waals surface area contributed by atoms with E-state index in [4.69, 9.17) is 0 Å². The predicted octanol–water partition coefficient (Wildman–Crippen LogP) is 3.32. The molecule has 1 heteroatoms. The van der Waals surface area contributed by atoms with Crippen molar-refractivity contribution in [2.75, 3.05) is 6.26 Å². The lowest BCUT2D eigenvalue weighted by molar-refractivity contribution is 0.505. The van der Waals surface area contributed by atoms with Crippen molar-refractivity contribution in [2.45, 2.75) is 44.3 Å². The monoisotopic (exact) mass is 158 g/mol. The van der Waals surface area contributed by atoms with E-state index < -0.39 is 0 Å². The zero-order chi connectivity index (χ0) is 7.40. The van der Waals surface area contributed by atoms with Crippen LogP contribution in [-0.4, -0.2) is 11.5 Å². The molecule has 2 atom stereocenters. The summed E-state index contributed by atoms with van der Waals surface area (Å²) >= 11 is 2.06. The summed E-state index contributed by atoms with van der Waals surface area (Å²) < 4.78 is 0. The fourth-order valence-electron chi connectivity index (χ4n) is 1.69. The van der Waals surface area contributed by atoms with E-state index in [1.165, 1.54) is 32.1 Å². The Bertz CT molecular complexity index is 90.7. The van der Waals surface area contributed by atoms with Gasteiger partial charge in [0.2, 0.25) is 0 Å². The van der Waals surface area contributed by atoms with E-state index in [1.807, 2.05) is 0 Å². The number of hydrogen-bond donors (Lipinski definition) is 0. The van der Waals surface area contributed by atoms with E-state index in [0.29, 0.717) is 0 Å². The minimum atomic E-state index is 0.977. The maximum atomic E-state index is 2.39. The molecule has 1 aliphatic rings. The van der Waals surface area contributed by atoms with Gasteiger partial charge in [-0.05, 0) is 31.4 Å². The average Bonchev–Trinajstić information content (AvgIpc) is 2.14. The first-order valence-electron chi connectivity index (χ1n) is 4.35. The summed E-state index contributed by atoms with van der Waals surface area (Å²) in [6, 6.07) is 0. The molecule has 1 rings (SSSR count). The van der Waals surface area contributed by atoms with Gasteiger partial charge in [0.15, 0.2) is 0 Å². The van der Waals surface area contributed by atoms with Gasteiger partial charge < -0.3 is 0 Å². The fraction of sp³-hybridized carbons (Fsp3) is 1.00. The van der Waals surface area contributed by atoms with E-state index in [2.05, 4.69) is 24.9 Å². The highest BCUT2D eigenvalue weighted by molar-refractivity contribution is 7.99. The second-order valence-electron chi connectivity index (χ2n) is 3.47. The molecule has 1 fully saturated rings. The lowest BCUT2D eigenvalue weighted by Gasteiger charge is -2.09. The van der Waals surface area contributed by atoms with Gasteiger partial charge in [-0.2, -0.15) is 11.8 Å². The number of hydrogen-bond acceptors (Lipinski definition) is 1. The van der Waals surface area contributed by atoms with Gasteiger partial charge in [0.1, 0.15) is 0 Å². The Labute approximate surface area is 68.8 Å². The molecule has 0 spiro atoms. The smallest absolute Gasteiger partial charge is 0.00443 e. The number of thioether (sulfide) groups is 1. The molecule has 0 saturated heterocycles. The lowest BCUT2D eigenvalue weighted by Crippen LogP contribution is -1.98. The van der Waals surface area contributed by atoms with Crippen molar-refractivity contribution < 1.29 is 0 Å². The molecule has 0 bridgehead atoms. The van der Waals surface area contributed by atoms with Gasteiger partial charge in [-0.25, -0.2) is 0 Å². The highest BCUT2D eigenvalue weighted by atomic mass is 32.2. The molecule has 0 aliphatic heterocycles. The molecule has 0 amide bonds. The van der Waals surface area contributed by atoms with Crippen LogP contribution in [0.5, 0.6) is 0 Å². The summed E-state index contributed by atoms with van der Waals surface area (Å²) in [4.78, 5) is 0. The van der Waals surface area contributed by atoms with Gasteiger partial charge >= 0.3 is 0 Å². The van der Waals surface area contributed by atoms with Crippen LogP contribution in [0, 0.1) is 5.92 Å². The maximum Gasteiger partial charge on any atom is 0.00443 e. The fourth-order valence-corrected chi connectivity index (χ4v) is 2.46. The van der Waals surface area contributed by atoms with E-state index in [0.717, 1.165) is 11.2 Å². The molecule has 10 heavy (non-hydrogen) atoms. The van der Waals surface area contributed by atoms with E-state index in [9.17, 15) is 0 Å². The summed E-state index contributed by atoms with van der Waals surface area (Å²) in [5.41, 5.74) is 0. The van der Waals surface area contributed by atoms with Crippen LogP contribution in [0.4, 0.5) is 0 Å². The second kappa shape index (κ2) is 4.27. The van der Waals surface area contributed by atoms with Crippen molar-refractivity contribution >= 4 is 11.8 Å². The molecule has 60 valence electrons. The van der Waals surface area contributed by atoms with E-state index >= 15 is 0 Å². The number of rotatable bonds is 1.